The average Bonchev–Trinajstić information content (AvgIpc) is 2.37. The van der Waals surface area contributed by atoms with Crippen molar-refractivity contribution >= 4 is 23.5 Å². The molecule has 0 saturated heterocycles. The van der Waals surface area contributed by atoms with E-state index in [-0.39, 0.29) is 12.5 Å². The van der Waals surface area contributed by atoms with E-state index in [1.54, 1.807) is 45.2 Å². The molecule has 1 rings (SSSR count). The van der Waals surface area contributed by atoms with Gasteiger partial charge in [0.05, 0.1) is 5.92 Å². The van der Waals surface area contributed by atoms with Gasteiger partial charge in [0.15, 0.2) is 6.10 Å². The Kier molecular flexibility index (Phi) is 5.82. The van der Waals surface area contributed by atoms with Crippen molar-refractivity contribution in [2.24, 2.45) is 5.92 Å². The molecule has 0 aliphatic carbocycles. The predicted molar refractivity (Wildman–Crippen MR) is 76.0 cm³/mol. The van der Waals surface area contributed by atoms with E-state index in [1.807, 2.05) is 0 Å². The van der Waals surface area contributed by atoms with Crippen molar-refractivity contribution in [1.29, 1.82) is 0 Å². The maximum absolute atomic E-state index is 12.1. The number of carboxylic acid groups (broad SMARTS) is 1. The minimum atomic E-state index is -0.937. The van der Waals surface area contributed by atoms with E-state index >= 15 is 0 Å². The van der Waals surface area contributed by atoms with E-state index in [0.717, 1.165) is 0 Å². The topological polar surface area (TPSA) is 66.8 Å². The van der Waals surface area contributed by atoms with Crippen molar-refractivity contribution in [2.45, 2.75) is 20.0 Å². The van der Waals surface area contributed by atoms with Crippen molar-refractivity contribution in [3.63, 3.8) is 0 Å². The molecule has 0 spiro atoms. The lowest BCUT2D eigenvalue weighted by atomic mass is 10.1. The molecule has 0 aliphatic heterocycles. The van der Waals surface area contributed by atoms with Gasteiger partial charge in [-0.2, -0.15) is 0 Å². The van der Waals surface area contributed by atoms with Gasteiger partial charge in [0.25, 0.3) is 5.91 Å². The third-order valence-electron chi connectivity index (χ3n) is 2.80. The molecule has 20 heavy (non-hydrogen) atoms. The first-order valence-electron chi connectivity index (χ1n) is 6.21. The van der Waals surface area contributed by atoms with Crippen molar-refractivity contribution in [3.05, 3.63) is 29.3 Å². The molecule has 0 aliphatic rings. The Balaban J connectivity index is 2.60. The second kappa shape index (κ2) is 7.14. The number of hydrogen-bond donors (Lipinski definition) is 1. The largest absolute Gasteiger partial charge is 0.481 e. The van der Waals surface area contributed by atoms with E-state index in [4.69, 9.17) is 21.4 Å². The zero-order chi connectivity index (χ0) is 15.3. The molecule has 0 saturated carbocycles. The number of ether oxygens (including phenoxy) is 1. The van der Waals surface area contributed by atoms with Crippen LogP contribution in [0.2, 0.25) is 5.02 Å². The minimum Gasteiger partial charge on any atom is -0.481 e. The summed E-state index contributed by atoms with van der Waals surface area (Å²) in [6.45, 7) is 3.30. The lowest BCUT2D eigenvalue weighted by Crippen LogP contribution is -2.41. The molecule has 0 bridgehead atoms. The Morgan fingerprint density at radius 1 is 1.40 bits per heavy atom. The first kappa shape index (κ1) is 16.3. The van der Waals surface area contributed by atoms with Gasteiger partial charge in [0.1, 0.15) is 5.75 Å². The second-order valence-corrected chi connectivity index (χ2v) is 5.11. The van der Waals surface area contributed by atoms with Gasteiger partial charge >= 0.3 is 5.97 Å². The van der Waals surface area contributed by atoms with E-state index in [1.165, 1.54) is 4.90 Å². The number of aliphatic carboxylic acids is 1. The Morgan fingerprint density at radius 3 is 2.60 bits per heavy atom. The van der Waals surface area contributed by atoms with Crippen LogP contribution in [0.5, 0.6) is 5.75 Å². The third-order valence-corrected chi connectivity index (χ3v) is 3.04. The summed E-state index contributed by atoms with van der Waals surface area (Å²) in [7, 11) is 1.56. The molecular weight excluding hydrogens is 282 g/mol. The van der Waals surface area contributed by atoms with Crippen molar-refractivity contribution in [3.8, 4) is 5.75 Å². The van der Waals surface area contributed by atoms with Crippen LogP contribution in [0.3, 0.4) is 0 Å². The molecule has 1 amide bonds. The van der Waals surface area contributed by atoms with Gasteiger partial charge in [-0.25, -0.2) is 0 Å². The van der Waals surface area contributed by atoms with Crippen LogP contribution in [0.15, 0.2) is 24.3 Å². The monoisotopic (exact) mass is 299 g/mol. The predicted octanol–water partition coefficient (Wildman–Crippen LogP) is 2.29. The van der Waals surface area contributed by atoms with Gasteiger partial charge in [-0.05, 0) is 25.1 Å². The van der Waals surface area contributed by atoms with Crippen LogP contribution in [0.4, 0.5) is 0 Å². The number of amides is 1. The number of rotatable bonds is 6. The summed E-state index contributed by atoms with van der Waals surface area (Å²) in [6, 6.07) is 6.76. The summed E-state index contributed by atoms with van der Waals surface area (Å²) in [5.41, 5.74) is 0. The van der Waals surface area contributed by atoms with Crippen molar-refractivity contribution in [2.75, 3.05) is 13.6 Å². The summed E-state index contributed by atoms with van der Waals surface area (Å²) in [5.74, 6) is -1.34. The molecule has 0 radical (unpaired) electrons. The Hall–Kier alpha value is -1.75. The lowest BCUT2D eigenvalue weighted by molar-refractivity contribution is -0.144. The SMILES string of the molecule is C[C@H](Oc1cccc(Cl)c1)C(=O)N(C)C[C@H](C)C(=O)O. The molecular formula is C14H18ClNO4. The summed E-state index contributed by atoms with van der Waals surface area (Å²) < 4.78 is 5.50. The number of carbonyl (C=O) groups is 2. The van der Waals surface area contributed by atoms with Gasteiger partial charge in [-0.15, -0.1) is 0 Å². The fourth-order valence-corrected chi connectivity index (χ4v) is 1.86. The van der Waals surface area contributed by atoms with Gasteiger partial charge in [-0.3, -0.25) is 9.59 Å². The first-order chi connectivity index (χ1) is 9.31. The maximum atomic E-state index is 12.1. The van der Waals surface area contributed by atoms with Crippen LogP contribution in [-0.4, -0.2) is 41.6 Å². The van der Waals surface area contributed by atoms with Crippen LogP contribution >= 0.6 is 11.6 Å². The summed E-state index contributed by atoms with van der Waals surface area (Å²) >= 11 is 5.83. The quantitative estimate of drug-likeness (QED) is 0.875. The number of carbonyl (C=O) groups excluding carboxylic acids is 1. The number of hydrogen-bond acceptors (Lipinski definition) is 3. The standard InChI is InChI=1S/C14H18ClNO4/c1-9(14(18)19)8-16(3)13(17)10(2)20-12-6-4-5-11(15)7-12/h4-7,9-10H,8H2,1-3H3,(H,18,19)/t9-,10-/m0/s1. The Labute approximate surface area is 123 Å². The summed E-state index contributed by atoms with van der Waals surface area (Å²) in [5, 5.41) is 9.36. The highest BCUT2D eigenvalue weighted by atomic mass is 35.5. The van der Waals surface area contributed by atoms with Crippen molar-refractivity contribution < 1.29 is 19.4 Å². The zero-order valence-corrected chi connectivity index (χ0v) is 12.4. The molecule has 6 heteroatoms. The first-order valence-corrected chi connectivity index (χ1v) is 6.59. The zero-order valence-electron chi connectivity index (χ0n) is 11.7. The molecule has 1 N–H and O–H groups in total. The highest BCUT2D eigenvalue weighted by molar-refractivity contribution is 6.30. The number of nitrogens with zero attached hydrogens (tertiary/aromatic N) is 1. The smallest absolute Gasteiger partial charge is 0.308 e. The Morgan fingerprint density at radius 2 is 2.05 bits per heavy atom. The normalized spacial score (nSPS) is 13.4. The summed E-state index contributed by atoms with van der Waals surface area (Å²) in [6.07, 6.45) is -0.709. The van der Waals surface area contributed by atoms with Crippen LogP contribution in [0.25, 0.3) is 0 Å². The highest BCUT2D eigenvalue weighted by Gasteiger charge is 2.22. The van der Waals surface area contributed by atoms with Gasteiger partial charge in [0, 0.05) is 18.6 Å². The second-order valence-electron chi connectivity index (χ2n) is 4.68. The molecule has 110 valence electrons. The lowest BCUT2D eigenvalue weighted by Gasteiger charge is -2.23. The highest BCUT2D eigenvalue weighted by Crippen LogP contribution is 2.18. The van der Waals surface area contributed by atoms with E-state index in [0.29, 0.717) is 10.8 Å². The molecule has 0 heterocycles. The molecule has 5 nitrogen and oxygen atoms in total. The minimum absolute atomic E-state index is 0.136. The number of benzene rings is 1. The van der Waals surface area contributed by atoms with Crippen LogP contribution in [0.1, 0.15) is 13.8 Å². The fraction of sp³-hybridized carbons (Fsp3) is 0.429. The van der Waals surface area contributed by atoms with Crippen LogP contribution in [-0.2, 0) is 9.59 Å². The molecule has 1 aromatic rings. The third kappa shape index (κ3) is 4.74. The van der Waals surface area contributed by atoms with E-state index < -0.39 is 18.0 Å². The van der Waals surface area contributed by atoms with Crippen LogP contribution in [0, 0.1) is 5.92 Å². The molecule has 1 aromatic carbocycles. The average molecular weight is 300 g/mol. The molecule has 2 atom stereocenters. The Bertz CT molecular complexity index is 492. The maximum Gasteiger partial charge on any atom is 0.308 e. The van der Waals surface area contributed by atoms with Gasteiger partial charge in [-0.1, -0.05) is 24.6 Å². The van der Waals surface area contributed by atoms with Gasteiger partial charge < -0.3 is 14.7 Å². The fourth-order valence-electron chi connectivity index (χ4n) is 1.68. The molecule has 0 fully saturated rings. The molecule has 0 unspecified atom stereocenters. The number of likely N-dealkylation sites (N-methyl/N-ethyl adjacent to an activating group) is 1. The van der Waals surface area contributed by atoms with Crippen LogP contribution < -0.4 is 4.74 Å². The number of carboxylic acids is 1. The summed E-state index contributed by atoms with van der Waals surface area (Å²) in [4.78, 5) is 24.2. The van der Waals surface area contributed by atoms with E-state index in [2.05, 4.69) is 0 Å². The number of halogens is 1. The van der Waals surface area contributed by atoms with E-state index in [9.17, 15) is 9.59 Å². The molecule has 0 aromatic heterocycles. The van der Waals surface area contributed by atoms with Gasteiger partial charge in [0.2, 0.25) is 0 Å². The van der Waals surface area contributed by atoms with Crippen molar-refractivity contribution in [1.82, 2.24) is 4.90 Å².